The van der Waals surface area contributed by atoms with E-state index in [4.69, 9.17) is 4.74 Å². The minimum Gasteiger partial charge on any atom is -0.465 e. The van der Waals surface area contributed by atoms with Crippen molar-refractivity contribution < 1.29 is 9.53 Å². The van der Waals surface area contributed by atoms with Crippen LogP contribution in [0, 0.1) is 0 Å². The molecule has 0 saturated carbocycles. The molecule has 4 fully saturated rings. The van der Waals surface area contributed by atoms with E-state index in [1.807, 2.05) is 0 Å². The maximum atomic E-state index is 12.9. The number of esters is 1. The highest BCUT2D eigenvalue weighted by Gasteiger charge is 2.43. The summed E-state index contributed by atoms with van der Waals surface area (Å²) in [5.74, 6) is 0.999. The van der Waals surface area contributed by atoms with Gasteiger partial charge in [0.15, 0.2) is 0 Å². The number of nitrogens with zero attached hydrogens (tertiary/aromatic N) is 1. The predicted octanol–water partition coefficient (Wildman–Crippen LogP) is 5.93. The van der Waals surface area contributed by atoms with Crippen LogP contribution in [-0.2, 0) is 4.74 Å². The van der Waals surface area contributed by atoms with E-state index in [-0.39, 0.29) is 5.97 Å². The fourth-order valence-corrected chi connectivity index (χ4v) is 8.89. The zero-order chi connectivity index (χ0) is 25.0. The topological polar surface area (TPSA) is 41.6 Å². The molecule has 36 heavy (non-hydrogen) atoms. The van der Waals surface area contributed by atoms with Crippen molar-refractivity contribution >= 4 is 24.9 Å². The van der Waals surface area contributed by atoms with E-state index in [0.717, 1.165) is 11.3 Å². The molecule has 0 amide bonds. The van der Waals surface area contributed by atoms with Crippen LogP contribution in [0.1, 0.15) is 84.7 Å². The van der Waals surface area contributed by atoms with Crippen LogP contribution >= 0.6 is 0 Å². The molecule has 6 rings (SSSR count). The lowest BCUT2D eigenvalue weighted by Gasteiger charge is -2.42. The summed E-state index contributed by atoms with van der Waals surface area (Å²) in [4.78, 5) is 15.5. The fraction of sp³-hybridized carbons (Fsp3) is 0.581. The van der Waals surface area contributed by atoms with Gasteiger partial charge in [-0.25, -0.2) is 4.79 Å². The van der Waals surface area contributed by atoms with Gasteiger partial charge in [0.2, 0.25) is 0 Å². The van der Waals surface area contributed by atoms with Crippen molar-refractivity contribution in [1.82, 2.24) is 5.32 Å². The molecule has 192 valence electrons. The zero-order valence-corrected chi connectivity index (χ0v) is 23.4. The molecule has 4 heterocycles. The van der Waals surface area contributed by atoms with Crippen LogP contribution in [0.3, 0.4) is 0 Å². The molecular formula is C31H42N2O2Si. The summed E-state index contributed by atoms with van der Waals surface area (Å²) in [5.41, 5.74) is 4.79. The number of fused-ring (bicyclic) bond motifs is 4. The summed E-state index contributed by atoms with van der Waals surface area (Å²) in [5, 5.41) is 5.32. The average Bonchev–Trinajstić information content (AvgIpc) is 3.35. The molecule has 0 aliphatic carbocycles. The van der Waals surface area contributed by atoms with Gasteiger partial charge in [0.05, 0.1) is 26.4 Å². The van der Waals surface area contributed by atoms with Gasteiger partial charge in [-0.15, -0.1) is 0 Å². The number of nitrogens with one attached hydrogen (secondary N) is 1. The standard InChI is InChI=1S/C31H42N2O2Si/c1-35-31(34)29-14-7-21(22-15-24-8-9-25(16-22)32-24)19-30(29)33-26-10-11-27(33)18-23(17-26)20-5-12-28(13-6-20)36(2,3)4/h5-7,12-14,19,22-27,32H,8-11,15-18H2,1-4H3. The van der Waals surface area contributed by atoms with Gasteiger partial charge >= 0.3 is 5.97 Å². The summed E-state index contributed by atoms with van der Waals surface area (Å²) in [7, 11) is 0.232. The number of carbonyl (C=O) groups excluding carboxylic acids is 1. The second kappa shape index (κ2) is 9.32. The van der Waals surface area contributed by atoms with E-state index >= 15 is 0 Å². The Hall–Kier alpha value is -2.11. The van der Waals surface area contributed by atoms with Gasteiger partial charge in [-0.2, -0.15) is 0 Å². The zero-order valence-electron chi connectivity index (χ0n) is 22.4. The maximum absolute atomic E-state index is 12.9. The average molecular weight is 503 g/mol. The Bertz CT molecular complexity index is 1100. The number of benzene rings is 2. The summed E-state index contributed by atoms with van der Waals surface area (Å²) in [6, 6.07) is 18.5. The number of rotatable bonds is 5. The molecule has 4 nitrogen and oxygen atoms in total. The van der Waals surface area contributed by atoms with Crippen molar-refractivity contribution in [2.24, 2.45) is 0 Å². The first-order chi connectivity index (χ1) is 17.3. The van der Waals surface area contributed by atoms with Gasteiger partial charge in [-0.1, -0.05) is 55.2 Å². The van der Waals surface area contributed by atoms with Crippen molar-refractivity contribution in [3.05, 3.63) is 59.2 Å². The fourth-order valence-electron chi connectivity index (χ4n) is 7.73. The van der Waals surface area contributed by atoms with Gasteiger partial charge in [0, 0.05) is 24.2 Å². The minimum atomic E-state index is -1.28. The van der Waals surface area contributed by atoms with Crippen LogP contribution in [0.2, 0.25) is 19.6 Å². The van der Waals surface area contributed by atoms with E-state index in [9.17, 15) is 4.79 Å². The molecule has 4 saturated heterocycles. The van der Waals surface area contributed by atoms with Crippen LogP contribution < -0.4 is 15.4 Å². The van der Waals surface area contributed by atoms with Crippen LogP contribution in [0.4, 0.5) is 5.69 Å². The Morgan fingerprint density at radius 2 is 1.42 bits per heavy atom. The molecule has 0 radical (unpaired) electrons. The van der Waals surface area contributed by atoms with Gasteiger partial charge in [0.25, 0.3) is 0 Å². The van der Waals surface area contributed by atoms with Gasteiger partial charge in [0.1, 0.15) is 0 Å². The maximum Gasteiger partial charge on any atom is 0.339 e. The highest BCUT2D eigenvalue weighted by Crippen LogP contribution is 2.47. The summed E-state index contributed by atoms with van der Waals surface area (Å²) in [6.45, 7) is 7.26. The Morgan fingerprint density at radius 3 is 2.00 bits per heavy atom. The molecule has 1 N–H and O–H groups in total. The van der Waals surface area contributed by atoms with Crippen LogP contribution in [-0.4, -0.2) is 45.3 Å². The number of hydrogen-bond donors (Lipinski definition) is 1. The monoisotopic (exact) mass is 502 g/mol. The first kappa shape index (κ1) is 24.2. The Balaban J connectivity index is 1.27. The van der Waals surface area contributed by atoms with Crippen LogP contribution in [0.5, 0.6) is 0 Å². The third-order valence-corrected chi connectivity index (χ3v) is 11.7. The van der Waals surface area contributed by atoms with Crippen LogP contribution in [0.15, 0.2) is 42.5 Å². The third-order valence-electron chi connectivity index (χ3n) is 9.63. The van der Waals surface area contributed by atoms with Gasteiger partial charge in [-0.05, 0) is 86.5 Å². The van der Waals surface area contributed by atoms with E-state index in [0.29, 0.717) is 36.0 Å². The van der Waals surface area contributed by atoms with E-state index in [2.05, 4.69) is 72.3 Å². The number of anilines is 1. The second-order valence-corrected chi connectivity index (χ2v) is 18.0. The molecule has 4 aliphatic rings. The van der Waals surface area contributed by atoms with Crippen molar-refractivity contribution in [3.8, 4) is 0 Å². The van der Waals surface area contributed by atoms with E-state index in [1.165, 1.54) is 74.8 Å². The molecule has 0 aromatic heterocycles. The van der Waals surface area contributed by atoms with Crippen molar-refractivity contribution in [1.29, 1.82) is 0 Å². The second-order valence-electron chi connectivity index (χ2n) is 12.9. The summed E-state index contributed by atoms with van der Waals surface area (Å²) < 4.78 is 5.24. The van der Waals surface area contributed by atoms with Crippen molar-refractivity contribution in [2.75, 3.05) is 12.0 Å². The largest absolute Gasteiger partial charge is 0.465 e. The Kier molecular flexibility index (Phi) is 6.28. The number of methoxy groups -OCH3 is 1. The normalized spacial score (nSPS) is 31.5. The molecule has 4 atom stereocenters. The Morgan fingerprint density at radius 1 is 0.833 bits per heavy atom. The molecule has 4 bridgehead atoms. The lowest BCUT2D eigenvalue weighted by Crippen LogP contribution is -2.43. The molecule has 2 aromatic rings. The third kappa shape index (κ3) is 4.43. The molecule has 0 spiro atoms. The lowest BCUT2D eigenvalue weighted by molar-refractivity contribution is 0.0601. The smallest absolute Gasteiger partial charge is 0.339 e. The quantitative estimate of drug-likeness (QED) is 0.406. The lowest BCUT2D eigenvalue weighted by atomic mass is 9.83. The highest BCUT2D eigenvalue weighted by molar-refractivity contribution is 6.88. The molecule has 4 aliphatic heterocycles. The Labute approximate surface area is 217 Å². The van der Waals surface area contributed by atoms with Crippen molar-refractivity contribution in [2.45, 2.75) is 107 Å². The van der Waals surface area contributed by atoms with E-state index < -0.39 is 8.07 Å². The minimum absolute atomic E-state index is 0.203. The number of piperidine rings is 2. The summed E-state index contributed by atoms with van der Waals surface area (Å²) in [6.07, 6.45) is 9.84. The van der Waals surface area contributed by atoms with Gasteiger partial charge < -0.3 is 15.0 Å². The molecule has 2 aromatic carbocycles. The number of ether oxygens (including phenoxy) is 1. The highest BCUT2D eigenvalue weighted by atomic mass is 28.3. The molecule has 5 heteroatoms. The molecule has 4 unspecified atom stereocenters. The number of hydrogen-bond acceptors (Lipinski definition) is 4. The SMILES string of the molecule is COC(=O)c1ccc(C2CC3CCC(C2)N3)cc1N1C2CCC1CC(c1ccc([Si](C)(C)C)cc1)C2. The molecular weight excluding hydrogens is 460 g/mol. The van der Waals surface area contributed by atoms with E-state index in [1.54, 1.807) is 0 Å². The number of carbonyl (C=O) groups is 1. The first-order valence-corrected chi connectivity index (χ1v) is 17.7. The van der Waals surface area contributed by atoms with Crippen LogP contribution in [0.25, 0.3) is 0 Å². The predicted molar refractivity (Wildman–Crippen MR) is 150 cm³/mol. The van der Waals surface area contributed by atoms with Gasteiger partial charge in [-0.3, -0.25) is 0 Å². The summed E-state index contributed by atoms with van der Waals surface area (Å²) >= 11 is 0. The first-order valence-electron chi connectivity index (χ1n) is 14.2. The van der Waals surface area contributed by atoms with Crippen molar-refractivity contribution in [3.63, 3.8) is 0 Å².